The van der Waals surface area contributed by atoms with Crippen molar-refractivity contribution in [2.75, 3.05) is 13.2 Å². The molecule has 0 spiro atoms. The van der Waals surface area contributed by atoms with Crippen LogP contribution in [0, 0.1) is 18.7 Å². The van der Waals surface area contributed by atoms with Crippen LogP contribution in [0.4, 0.5) is 4.39 Å². The second-order valence-corrected chi connectivity index (χ2v) is 7.25. The van der Waals surface area contributed by atoms with Crippen molar-refractivity contribution in [1.82, 2.24) is 4.31 Å². The number of halogens is 1. The molecule has 2 atom stereocenters. The molecule has 6 heteroatoms. The third kappa shape index (κ3) is 2.73. The predicted octanol–water partition coefficient (Wildman–Crippen LogP) is 1.92. The molecule has 0 bridgehead atoms. The SMILES string of the molecule is Cc1cc(F)ccc1S(=O)(=O)N1CCCC(C)C1CO. The second kappa shape index (κ2) is 5.79. The minimum absolute atomic E-state index is 0.115. The largest absolute Gasteiger partial charge is 0.395 e. The van der Waals surface area contributed by atoms with Crippen LogP contribution < -0.4 is 0 Å². The molecule has 0 saturated carbocycles. The standard InChI is InChI=1S/C14H20FNO3S/c1-10-4-3-7-16(13(10)9-17)20(18,19)14-6-5-12(15)8-11(14)2/h5-6,8,10,13,17H,3-4,7,9H2,1-2H3. The summed E-state index contributed by atoms with van der Waals surface area (Å²) >= 11 is 0. The van der Waals surface area contributed by atoms with Crippen LogP contribution in [0.3, 0.4) is 0 Å². The van der Waals surface area contributed by atoms with E-state index < -0.39 is 21.9 Å². The van der Waals surface area contributed by atoms with Crippen molar-refractivity contribution in [3.05, 3.63) is 29.6 Å². The molecule has 4 nitrogen and oxygen atoms in total. The van der Waals surface area contributed by atoms with Gasteiger partial charge in [0.15, 0.2) is 0 Å². The number of aliphatic hydroxyl groups excluding tert-OH is 1. The highest BCUT2D eigenvalue weighted by Gasteiger charge is 2.37. The van der Waals surface area contributed by atoms with Gasteiger partial charge in [0.1, 0.15) is 5.82 Å². The lowest BCUT2D eigenvalue weighted by Crippen LogP contribution is -2.49. The molecule has 112 valence electrons. The topological polar surface area (TPSA) is 57.6 Å². The molecule has 1 aromatic carbocycles. The van der Waals surface area contributed by atoms with Gasteiger partial charge in [0.05, 0.1) is 17.5 Å². The van der Waals surface area contributed by atoms with Crippen LogP contribution in [0.15, 0.2) is 23.1 Å². The number of benzene rings is 1. The third-order valence-electron chi connectivity index (χ3n) is 3.98. The maximum atomic E-state index is 13.1. The average molecular weight is 301 g/mol. The number of aryl methyl sites for hydroxylation is 1. The Morgan fingerprint density at radius 3 is 2.75 bits per heavy atom. The first-order valence-electron chi connectivity index (χ1n) is 6.76. The van der Waals surface area contributed by atoms with Crippen LogP contribution in [0.25, 0.3) is 0 Å². The minimum Gasteiger partial charge on any atom is -0.395 e. The fraction of sp³-hybridized carbons (Fsp3) is 0.571. The smallest absolute Gasteiger partial charge is 0.243 e. The Hall–Kier alpha value is -0.980. The van der Waals surface area contributed by atoms with E-state index in [1.54, 1.807) is 6.92 Å². The van der Waals surface area contributed by atoms with Crippen molar-refractivity contribution >= 4 is 10.0 Å². The molecule has 1 fully saturated rings. The normalized spacial score (nSPS) is 24.8. The summed E-state index contributed by atoms with van der Waals surface area (Å²) in [5.74, 6) is -0.337. The average Bonchev–Trinajstić information content (AvgIpc) is 2.37. The first-order chi connectivity index (χ1) is 9.37. The molecule has 1 aliphatic heterocycles. The van der Waals surface area contributed by atoms with E-state index in [9.17, 15) is 17.9 Å². The Kier molecular flexibility index (Phi) is 4.46. The van der Waals surface area contributed by atoms with Crippen molar-refractivity contribution in [2.45, 2.75) is 37.6 Å². The lowest BCUT2D eigenvalue weighted by atomic mass is 9.93. The Bertz CT molecular complexity index is 588. The molecular weight excluding hydrogens is 281 g/mol. The van der Waals surface area contributed by atoms with Gasteiger partial charge in [-0.15, -0.1) is 0 Å². The highest BCUT2D eigenvalue weighted by molar-refractivity contribution is 7.89. The van der Waals surface area contributed by atoms with Gasteiger partial charge >= 0.3 is 0 Å². The zero-order valence-electron chi connectivity index (χ0n) is 11.7. The van der Waals surface area contributed by atoms with Gasteiger partial charge in [-0.05, 0) is 49.4 Å². The molecule has 1 aromatic rings. The fourth-order valence-corrected chi connectivity index (χ4v) is 4.77. The van der Waals surface area contributed by atoms with Gasteiger partial charge < -0.3 is 5.11 Å². The highest BCUT2D eigenvalue weighted by atomic mass is 32.2. The number of piperidine rings is 1. The summed E-state index contributed by atoms with van der Waals surface area (Å²) in [6.45, 7) is 3.73. The van der Waals surface area contributed by atoms with Crippen molar-refractivity contribution in [3.8, 4) is 0 Å². The maximum absolute atomic E-state index is 13.1. The second-order valence-electron chi connectivity index (χ2n) is 5.40. The monoisotopic (exact) mass is 301 g/mol. The molecule has 2 unspecified atom stereocenters. The number of hydrogen-bond acceptors (Lipinski definition) is 3. The molecule has 1 N–H and O–H groups in total. The van der Waals surface area contributed by atoms with E-state index in [-0.39, 0.29) is 17.4 Å². The number of hydrogen-bond donors (Lipinski definition) is 1. The van der Waals surface area contributed by atoms with E-state index in [0.29, 0.717) is 12.1 Å². The van der Waals surface area contributed by atoms with Gasteiger partial charge in [0, 0.05) is 6.54 Å². The van der Waals surface area contributed by atoms with E-state index >= 15 is 0 Å². The molecular formula is C14H20FNO3S. The van der Waals surface area contributed by atoms with E-state index in [2.05, 4.69) is 0 Å². The van der Waals surface area contributed by atoms with Crippen molar-refractivity contribution in [3.63, 3.8) is 0 Å². The molecule has 0 amide bonds. The summed E-state index contributed by atoms with van der Waals surface area (Å²) in [4.78, 5) is 0.117. The van der Waals surface area contributed by atoms with Crippen LogP contribution >= 0.6 is 0 Å². The summed E-state index contributed by atoms with van der Waals surface area (Å²) in [5, 5.41) is 9.49. The number of sulfonamides is 1. The van der Waals surface area contributed by atoms with E-state index in [1.165, 1.54) is 16.4 Å². The highest BCUT2D eigenvalue weighted by Crippen LogP contribution is 2.30. The van der Waals surface area contributed by atoms with Crippen molar-refractivity contribution in [1.29, 1.82) is 0 Å². The Morgan fingerprint density at radius 1 is 1.45 bits per heavy atom. The molecule has 1 saturated heterocycles. The molecule has 0 aliphatic carbocycles. The van der Waals surface area contributed by atoms with Gasteiger partial charge in [-0.2, -0.15) is 4.31 Å². The number of rotatable bonds is 3. The lowest BCUT2D eigenvalue weighted by Gasteiger charge is -2.38. The number of aliphatic hydroxyl groups is 1. The molecule has 2 rings (SSSR count). The van der Waals surface area contributed by atoms with Crippen molar-refractivity contribution < 1.29 is 17.9 Å². The molecule has 0 aromatic heterocycles. The van der Waals surface area contributed by atoms with Crippen LogP contribution in [-0.2, 0) is 10.0 Å². The van der Waals surface area contributed by atoms with Crippen LogP contribution in [0.1, 0.15) is 25.3 Å². The van der Waals surface area contributed by atoms with Crippen LogP contribution in [0.5, 0.6) is 0 Å². The summed E-state index contributed by atoms with van der Waals surface area (Å²) in [6, 6.07) is 3.27. The molecule has 20 heavy (non-hydrogen) atoms. The zero-order valence-corrected chi connectivity index (χ0v) is 12.5. The van der Waals surface area contributed by atoms with E-state index in [1.807, 2.05) is 6.92 Å². The Morgan fingerprint density at radius 2 is 2.15 bits per heavy atom. The van der Waals surface area contributed by atoms with Gasteiger partial charge in [0.2, 0.25) is 10.0 Å². The van der Waals surface area contributed by atoms with Gasteiger partial charge in [-0.3, -0.25) is 0 Å². The predicted molar refractivity (Wildman–Crippen MR) is 74.3 cm³/mol. The van der Waals surface area contributed by atoms with Crippen LogP contribution in [-0.4, -0.2) is 37.0 Å². The Labute approximate surface area is 119 Å². The molecule has 1 heterocycles. The zero-order chi connectivity index (χ0) is 14.9. The molecule has 0 radical (unpaired) electrons. The summed E-state index contributed by atoms with van der Waals surface area (Å²) in [7, 11) is -3.70. The van der Waals surface area contributed by atoms with Crippen LogP contribution in [0.2, 0.25) is 0 Å². The quantitative estimate of drug-likeness (QED) is 0.928. The first kappa shape index (κ1) is 15.4. The maximum Gasteiger partial charge on any atom is 0.243 e. The van der Waals surface area contributed by atoms with Gasteiger partial charge in [-0.1, -0.05) is 6.92 Å². The number of nitrogens with zero attached hydrogens (tertiary/aromatic N) is 1. The lowest BCUT2D eigenvalue weighted by molar-refractivity contribution is 0.113. The van der Waals surface area contributed by atoms with Gasteiger partial charge in [-0.25, -0.2) is 12.8 Å². The van der Waals surface area contributed by atoms with Gasteiger partial charge in [0.25, 0.3) is 0 Å². The van der Waals surface area contributed by atoms with Crippen molar-refractivity contribution in [2.24, 2.45) is 5.92 Å². The Balaban J connectivity index is 2.43. The third-order valence-corrected chi connectivity index (χ3v) is 6.06. The summed E-state index contributed by atoms with van der Waals surface area (Å²) < 4.78 is 40.0. The molecule has 1 aliphatic rings. The minimum atomic E-state index is -3.70. The summed E-state index contributed by atoms with van der Waals surface area (Å²) in [5.41, 5.74) is 0.389. The fourth-order valence-electron chi connectivity index (χ4n) is 2.81. The summed E-state index contributed by atoms with van der Waals surface area (Å²) in [6.07, 6.45) is 1.68. The first-order valence-corrected chi connectivity index (χ1v) is 8.20. The van der Waals surface area contributed by atoms with E-state index in [0.717, 1.165) is 18.9 Å². The van der Waals surface area contributed by atoms with E-state index in [4.69, 9.17) is 0 Å².